The van der Waals surface area contributed by atoms with Crippen LogP contribution in [0.1, 0.15) is 16.1 Å². The van der Waals surface area contributed by atoms with E-state index < -0.39 is 0 Å². The van der Waals surface area contributed by atoms with Crippen LogP contribution in [0.2, 0.25) is 0 Å². The molecule has 0 bridgehead atoms. The highest BCUT2D eigenvalue weighted by Crippen LogP contribution is 2.20. The fourth-order valence-electron chi connectivity index (χ4n) is 1.32. The molecule has 0 saturated heterocycles. The van der Waals surface area contributed by atoms with E-state index in [1.54, 1.807) is 12.1 Å². The van der Waals surface area contributed by atoms with E-state index in [2.05, 4.69) is 31.4 Å². The smallest absolute Gasteiger partial charge is 0.273 e. The van der Waals surface area contributed by atoms with Crippen LogP contribution >= 0.6 is 15.9 Å². The van der Waals surface area contributed by atoms with Crippen LogP contribution in [-0.4, -0.2) is 16.1 Å². The maximum absolute atomic E-state index is 11.7. The molecule has 1 aromatic carbocycles. The molecule has 0 aliphatic rings. The Morgan fingerprint density at radius 2 is 2.06 bits per heavy atom. The monoisotopic (exact) mass is 295 g/mol. The van der Waals surface area contributed by atoms with Gasteiger partial charge in [-0.15, -0.1) is 0 Å². The molecule has 88 valence electrons. The summed E-state index contributed by atoms with van der Waals surface area (Å²) in [6.07, 6.45) is 0. The minimum Gasteiger partial charge on any atom is -0.321 e. The van der Waals surface area contributed by atoms with Gasteiger partial charge in [0.05, 0.1) is 0 Å². The predicted octanol–water partition coefficient (Wildman–Crippen LogP) is 2.03. The highest BCUT2D eigenvalue weighted by Gasteiger charge is 2.08. The number of carbonyl (C=O) groups is 1. The van der Waals surface area contributed by atoms with Crippen molar-refractivity contribution in [1.82, 2.24) is 10.2 Å². The number of anilines is 1. The molecule has 0 unspecified atom stereocenters. The Bertz CT molecular complexity index is 615. The Kier molecular flexibility index (Phi) is 3.14. The minimum absolute atomic E-state index is 0.201. The zero-order valence-electron chi connectivity index (χ0n) is 9.00. The van der Waals surface area contributed by atoms with Gasteiger partial charge >= 0.3 is 0 Å². The van der Waals surface area contributed by atoms with Crippen LogP contribution < -0.4 is 10.9 Å². The molecule has 2 aromatic rings. The van der Waals surface area contributed by atoms with Crippen molar-refractivity contribution in [2.24, 2.45) is 0 Å². The topological polar surface area (TPSA) is 77.8 Å². The summed E-state index contributed by atoms with van der Waals surface area (Å²) in [5, 5.41) is 7.48. The summed E-state index contributed by atoms with van der Waals surface area (Å²) in [6.45, 7) is 1.96. The normalized spacial score (nSPS) is 10.2. The predicted molar refractivity (Wildman–Crippen MR) is 68.2 cm³/mol. The molecule has 0 saturated carbocycles. The SMILES string of the molecule is Cc1ccc(NC(=O)c2cc(=O)[nH][nH]2)cc1Br. The summed E-state index contributed by atoms with van der Waals surface area (Å²) in [5.41, 5.74) is 1.61. The van der Waals surface area contributed by atoms with E-state index in [0.717, 1.165) is 10.0 Å². The molecule has 0 radical (unpaired) electrons. The molecular formula is C11H10BrN3O2. The van der Waals surface area contributed by atoms with Crippen LogP contribution in [-0.2, 0) is 0 Å². The molecule has 0 fully saturated rings. The fourth-order valence-corrected chi connectivity index (χ4v) is 1.70. The van der Waals surface area contributed by atoms with E-state index in [0.29, 0.717) is 5.69 Å². The zero-order valence-corrected chi connectivity index (χ0v) is 10.6. The molecule has 0 atom stereocenters. The summed E-state index contributed by atoms with van der Waals surface area (Å²) < 4.78 is 0.915. The van der Waals surface area contributed by atoms with Crippen molar-refractivity contribution in [3.8, 4) is 0 Å². The van der Waals surface area contributed by atoms with Gasteiger partial charge in [-0.2, -0.15) is 0 Å². The van der Waals surface area contributed by atoms with E-state index in [4.69, 9.17) is 0 Å². The third-order valence-electron chi connectivity index (χ3n) is 2.27. The molecular weight excluding hydrogens is 286 g/mol. The van der Waals surface area contributed by atoms with Crippen molar-refractivity contribution in [3.63, 3.8) is 0 Å². The Balaban J connectivity index is 2.18. The molecule has 6 heteroatoms. The summed E-state index contributed by atoms with van der Waals surface area (Å²) in [4.78, 5) is 22.6. The quantitative estimate of drug-likeness (QED) is 0.793. The number of benzene rings is 1. The Hall–Kier alpha value is -1.82. The Morgan fingerprint density at radius 1 is 1.29 bits per heavy atom. The van der Waals surface area contributed by atoms with Crippen molar-refractivity contribution in [2.75, 3.05) is 5.32 Å². The van der Waals surface area contributed by atoms with Gasteiger partial charge in [0.15, 0.2) is 0 Å². The summed E-state index contributed by atoms with van der Waals surface area (Å²) in [7, 11) is 0. The van der Waals surface area contributed by atoms with Crippen LogP contribution in [0.25, 0.3) is 0 Å². The minimum atomic E-state index is -0.362. The lowest BCUT2D eigenvalue weighted by Gasteiger charge is -2.05. The van der Waals surface area contributed by atoms with Crippen LogP contribution in [0.4, 0.5) is 5.69 Å². The zero-order chi connectivity index (χ0) is 12.4. The number of hydrogen-bond donors (Lipinski definition) is 3. The number of rotatable bonds is 2. The number of aromatic amines is 2. The summed E-state index contributed by atoms with van der Waals surface area (Å²) in [6, 6.07) is 6.69. The molecule has 0 aliphatic heterocycles. The van der Waals surface area contributed by atoms with E-state index in [9.17, 15) is 9.59 Å². The van der Waals surface area contributed by atoms with Gasteiger partial charge in [-0.25, -0.2) is 0 Å². The first kappa shape index (κ1) is 11.7. The molecule has 1 heterocycles. The second kappa shape index (κ2) is 4.58. The van der Waals surface area contributed by atoms with Gasteiger partial charge in [0.1, 0.15) is 5.69 Å². The fraction of sp³-hybridized carbons (Fsp3) is 0.0909. The van der Waals surface area contributed by atoms with Crippen molar-refractivity contribution in [2.45, 2.75) is 6.92 Å². The van der Waals surface area contributed by atoms with Crippen LogP contribution in [0, 0.1) is 6.92 Å². The van der Waals surface area contributed by atoms with E-state index >= 15 is 0 Å². The van der Waals surface area contributed by atoms with Gasteiger partial charge in [0, 0.05) is 16.2 Å². The second-order valence-corrected chi connectivity index (χ2v) is 4.44. The van der Waals surface area contributed by atoms with Gasteiger partial charge in [0.25, 0.3) is 11.5 Å². The van der Waals surface area contributed by atoms with Crippen LogP contribution in [0.15, 0.2) is 33.5 Å². The number of aromatic nitrogens is 2. The lowest BCUT2D eigenvalue weighted by atomic mass is 10.2. The number of H-pyrrole nitrogens is 2. The van der Waals surface area contributed by atoms with E-state index in [1.807, 2.05) is 13.0 Å². The molecule has 0 aliphatic carbocycles. The van der Waals surface area contributed by atoms with Crippen LogP contribution in [0.3, 0.4) is 0 Å². The van der Waals surface area contributed by atoms with Gasteiger partial charge in [-0.3, -0.25) is 19.8 Å². The average molecular weight is 296 g/mol. The highest BCUT2D eigenvalue weighted by molar-refractivity contribution is 9.10. The molecule has 0 spiro atoms. The molecule has 2 rings (SSSR count). The summed E-state index contributed by atoms with van der Waals surface area (Å²) in [5.74, 6) is -0.362. The second-order valence-electron chi connectivity index (χ2n) is 3.59. The number of carbonyl (C=O) groups excluding carboxylic acids is 1. The lowest BCUT2D eigenvalue weighted by molar-refractivity contribution is 0.102. The number of amides is 1. The molecule has 1 amide bonds. The number of halogens is 1. The number of aryl methyl sites for hydroxylation is 1. The molecule has 5 nitrogen and oxygen atoms in total. The van der Waals surface area contributed by atoms with Crippen molar-refractivity contribution < 1.29 is 4.79 Å². The first-order valence-corrected chi connectivity index (χ1v) is 5.71. The van der Waals surface area contributed by atoms with Crippen molar-refractivity contribution in [3.05, 3.63) is 50.3 Å². The third kappa shape index (κ3) is 2.65. The highest BCUT2D eigenvalue weighted by atomic mass is 79.9. The third-order valence-corrected chi connectivity index (χ3v) is 3.12. The average Bonchev–Trinajstić information content (AvgIpc) is 2.70. The van der Waals surface area contributed by atoms with Crippen molar-refractivity contribution in [1.29, 1.82) is 0 Å². The summed E-state index contributed by atoms with van der Waals surface area (Å²) >= 11 is 3.38. The van der Waals surface area contributed by atoms with Gasteiger partial charge in [-0.05, 0) is 24.6 Å². The van der Waals surface area contributed by atoms with Gasteiger partial charge in [0.2, 0.25) is 0 Å². The van der Waals surface area contributed by atoms with E-state index in [-0.39, 0.29) is 17.2 Å². The van der Waals surface area contributed by atoms with Crippen molar-refractivity contribution >= 4 is 27.5 Å². The maximum Gasteiger partial charge on any atom is 0.273 e. The van der Waals surface area contributed by atoms with Crippen LogP contribution in [0.5, 0.6) is 0 Å². The van der Waals surface area contributed by atoms with E-state index in [1.165, 1.54) is 6.07 Å². The molecule has 1 aromatic heterocycles. The molecule has 3 N–H and O–H groups in total. The largest absolute Gasteiger partial charge is 0.321 e. The number of nitrogens with one attached hydrogen (secondary N) is 3. The first-order chi connectivity index (χ1) is 8.06. The van der Waals surface area contributed by atoms with Gasteiger partial charge < -0.3 is 5.32 Å². The Labute approximate surface area is 105 Å². The lowest BCUT2D eigenvalue weighted by Crippen LogP contribution is -2.12. The Morgan fingerprint density at radius 3 is 2.65 bits per heavy atom. The maximum atomic E-state index is 11.7. The standard InChI is InChI=1S/C11H10BrN3O2/c1-6-2-3-7(4-8(6)12)13-11(17)9-5-10(16)15-14-9/h2-5H,1H3,(H,13,17)(H2,14,15,16). The first-order valence-electron chi connectivity index (χ1n) is 4.91. The number of hydrogen-bond acceptors (Lipinski definition) is 2. The molecule has 17 heavy (non-hydrogen) atoms. The van der Waals surface area contributed by atoms with Gasteiger partial charge in [-0.1, -0.05) is 22.0 Å².